The van der Waals surface area contributed by atoms with Crippen molar-refractivity contribution < 1.29 is 4.74 Å². The van der Waals surface area contributed by atoms with Crippen molar-refractivity contribution in [3.8, 4) is 5.75 Å². The van der Waals surface area contributed by atoms with Gasteiger partial charge in [0.1, 0.15) is 17.9 Å². The fraction of sp³-hybridized carbons (Fsp3) is 0.579. The van der Waals surface area contributed by atoms with E-state index in [-0.39, 0.29) is 0 Å². The van der Waals surface area contributed by atoms with E-state index in [1.54, 1.807) is 6.33 Å². The molecular formula is C19H26N4O. The summed E-state index contributed by atoms with van der Waals surface area (Å²) in [6.07, 6.45) is 7.71. The van der Waals surface area contributed by atoms with Gasteiger partial charge in [0.25, 0.3) is 0 Å². The van der Waals surface area contributed by atoms with E-state index in [0.717, 1.165) is 37.8 Å². The topological polar surface area (TPSA) is 54.0 Å². The number of aromatic amines is 1. The fourth-order valence-corrected chi connectivity index (χ4v) is 4.14. The molecule has 2 heterocycles. The number of fused-ring (bicyclic) bond motifs is 1. The van der Waals surface area contributed by atoms with Gasteiger partial charge in [0, 0.05) is 24.6 Å². The van der Waals surface area contributed by atoms with Gasteiger partial charge >= 0.3 is 0 Å². The van der Waals surface area contributed by atoms with Crippen molar-refractivity contribution >= 4 is 0 Å². The first kappa shape index (κ1) is 15.6. The Hall–Kier alpha value is -1.88. The molecule has 128 valence electrons. The van der Waals surface area contributed by atoms with E-state index >= 15 is 0 Å². The molecule has 5 heteroatoms. The Balaban J connectivity index is 1.52. The molecule has 1 saturated heterocycles. The van der Waals surface area contributed by atoms with Gasteiger partial charge in [-0.3, -0.25) is 10.00 Å². The van der Waals surface area contributed by atoms with E-state index in [1.807, 2.05) is 0 Å². The molecule has 1 aromatic heterocycles. The van der Waals surface area contributed by atoms with Gasteiger partial charge in [-0.05, 0) is 62.8 Å². The Morgan fingerprint density at radius 2 is 2.12 bits per heavy atom. The average Bonchev–Trinajstić information content (AvgIpc) is 3.27. The Bertz CT molecular complexity index is 683. The number of ether oxygens (including phenoxy) is 1. The molecule has 1 N–H and O–H groups in total. The minimum absolute atomic E-state index is 0.464. The van der Waals surface area contributed by atoms with Crippen LogP contribution in [0.1, 0.15) is 54.6 Å². The van der Waals surface area contributed by atoms with Crippen molar-refractivity contribution in [3.05, 3.63) is 41.0 Å². The summed E-state index contributed by atoms with van der Waals surface area (Å²) in [5.74, 6) is 2.57. The zero-order chi connectivity index (χ0) is 16.4. The Labute approximate surface area is 143 Å². The van der Waals surface area contributed by atoms with Crippen LogP contribution in [-0.4, -0.2) is 39.8 Å². The zero-order valence-electron chi connectivity index (χ0n) is 14.4. The molecule has 1 fully saturated rings. The SMILES string of the molecule is CCOc1cc2c(cc1CN1CCCC(c3ncn[nH]3)C1)CCC2. The zero-order valence-corrected chi connectivity index (χ0v) is 14.4. The van der Waals surface area contributed by atoms with Crippen molar-refractivity contribution in [2.75, 3.05) is 19.7 Å². The standard InChI is InChI=1S/C19H26N4O/c1-2-24-18-10-15-6-3-5-14(15)9-17(18)12-23-8-4-7-16(11-23)19-20-13-21-22-19/h9-10,13,16H,2-8,11-12H2,1H3,(H,20,21,22). The lowest BCUT2D eigenvalue weighted by Gasteiger charge is -2.32. The van der Waals surface area contributed by atoms with Crippen LogP contribution in [0.5, 0.6) is 5.75 Å². The van der Waals surface area contributed by atoms with Gasteiger partial charge in [0.15, 0.2) is 0 Å². The maximum absolute atomic E-state index is 5.95. The summed E-state index contributed by atoms with van der Waals surface area (Å²) in [6, 6.07) is 4.68. The molecule has 2 aliphatic rings. The van der Waals surface area contributed by atoms with E-state index in [2.05, 4.69) is 39.1 Å². The number of nitrogens with zero attached hydrogens (tertiary/aromatic N) is 3. The van der Waals surface area contributed by atoms with Crippen LogP contribution in [0.3, 0.4) is 0 Å². The lowest BCUT2D eigenvalue weighted by atomic mass is 9.96. The van der Waals surface area contributed by atoms with Crippen LogP contribution in [0.4, 0.5) is 0 Å². The number of aromatic nitrogens is 3. The van der Waals surface area contributed by atoms with Crippen LogP contribution in [-0.2, 0) is 19.4 Å². The third kappa shape index (κ3) is 3.18. The molecule has 24 heavy (non-hydrogen) atoms. The normalized spacial score (nSPS) is 21.0. The van der Waals surface area contributed by atoms with Gasteiger partial charge in [0.05, 0.1) is 6.61 Å². The smallest absolute Gasteiger partial charge is 0.137 e. The van der Waals surface area contributed by atoms with Gasteiger partial charge in [-0.2, -0.15) is 5.10 Å². The first-order valence-electron chi connectivity index (χ1n) is 9.18. The second-order valence-electron chi connectivity index (χ2n) is 6.96. The number of aryl methyl sites for hydroxylation is 2. The van der Waals surface area contributed by atoms with Gasteiger partial charge < -0.3 is 4.74 Å². The maximum Gasteiger partial charge on any atom is 0.137 e. The molecule has 1 atom stereocenters. The fourth-order valence-electron chi connectivity index (χ4n) is 4.14. The predicted octanol–water partition coefficient (Wildman–Crippen LogP) is 3.07. The number of rotatable bonds is 5. The van der Waals surface area contributed by atoms with Crippen molar-refractivity contribution in [2.24, 2.45) is 0 Å². The molecule has 1 aliphatic carbocycles. The van der Waals surface area contributed by atoms with Gasteiger partial charge in [0.2, 0.25) is 0 Å². The van der Waals surface area contributed by atoms with Crippen LogP contribution >= 0.6 is 0 Å². The molecular weight excluding hydrogens is 300 g/mol. The number of likely N-dealkylation sites (tertiary alicyclic amines) is 1. The number of piperidine rings is 1. The van der Waals surface area contributed by atoms with Crippen LogP contribution in [0.25, 0.3) is 0 Å². The molecule has 4 rings (SSSR count). The molecule has 0 radical (unpaired) electrons. The van der Waals surface area contributed by atoms with Crippen molar-refractivity contribution in [1.29, 1.82) is 0 Å². The molecule has 1 unspecified atom stereocenters. The monoisotopic (exact) mass is 326 g/mol. The van der Waals surface area contributed by atoms with Crippen molar-refractivity contribution in [3.63, 3.8) is 0 Å². The van der Waals surface area contributed by atoms with E-state index in [0.29, 0.717) is 5.92 Å². The number of nitrogens with one attached hydrogen (secondary N) is 1. The summed E-state index contributed by atoms with van der Waals surface area (Å²) in [6.45, 7) is 5.95. The van der Waals surface area contributed by atoms with Crippen LogP contribution < -0.4 is 4.74 Å². The summed E-state index contributed by atoms with van der Waals surface area (Å²) in [5, 5.41) is 7.05. The second kappa shape index (κ2) is 6.93. The third-order valence-electron chi connectivity index (χ3n) is 5.29. The second-order valence-corrected chi connectivity index (χ2v) is 6.96. The molecule has 0 bridgehead atoms. The van der Waals surface area contributed by atoms with E-state index in [4.69, 9.17) is 4.74 Å². The number of benzene rings is 1. The summed E-state index contributed by atoms with van der Waals surface area (Å²) in [7, 11) is 0. The highest BCUT2D eigenvalue weighted by Crippen LogP contribution is 2.32. The lowest BCUT2D eigenvalue weighted by Crippen LogP contribution is -2.34. The molecule has 2 aromatic rings. The highest BCUT2D eigenvalue weighted by atomic mass is 16.5. The summed E-state index contributed by atoms with van der Waals surface area (Å²) in [4.78, 5) is 6.90. The Morgan fingerprint density at radius 3 is 2.92 bits per heavy atom. The number of H-pyrrole nitrogens is 1. The van der Waals surface area contributed by atoms with E-state index < -0.39 is 0 Å². The summed E-state index contributed by atoms with van der Waals surface area (Å²) >= 11 is 0. The minimum Gasteiger partial charge on any atom is -0.494 e. The average molecular weight is 326 g/mol. The first-order valence-corrected chi connectivity index (χ1v) is 9.18. The highest BCUT2D eigenvalue weighted by Gasteiger charge is 2.25. The molecule has 0 spiro atoms. The van der Waals surface area contributed by atoms with Crippen molar-refractivity contribution in [1.82, 2.24) is 20.1 Å². The highest BCUT2D eigenvalue weighted by molar-refractivity contribution is 5.45. The van der Waals surface area contributed by atoms with Crippen LogP contribution in [0.15, 0.2) is 18.5 Å². The minimum atomic E-state index is 0.464. The molecule has 0 amide bonds. The predicted molar refractivity (Wildman–Crippen MR) is 93.3 cm³/mol. The lowest BCUT2D eigenvalue weighted by molar-refractivity contribution is 0.193. The first-order chi connectivity index (χ1) is 11.8. The largest absolute Gasteiger partial charge is 0.494 e. The third-order valence-corrected chi connectivity index (χ3v) is 5.29. The quantitative estimate of drug-likeness (QED) is 0.917. The van der Waals surface area contributed by atoms with Gasteiger partial charge in [-0.25, -0.2) is 4.98 Å². The summed E-state index contributed by atoms with van der Waals surface area (Å²) < 4.78 is 5.95. The van der Waals surface area contributed by atoms with Crippen LogP contribution in [0, 0.1) is 0 Å². The molecule has 1 aliphatic heterocycles. The van der Waals surface area contributed by atoms with Gasteiger partial charge in [-0.15, -0.1) is 0 Å². The van der Waals surface area contributed by atoms with E-state index in [9.17, 15) is 0 Å². The number of hydrogen-bond donors (Lipinski definition) is 1. The maximum atomic E-state index is 5.95. The molecule has 5 nitrogen and oxygen atoms in total. The van der Waals surface area contributed by atoms with Crippen molar-refractivity contribution in [2.45, 2.75) is 51.5 Å². The van der Waals surface area contributed by atoms with Gasteiger partial charge in [-0.1, -0.05) is 6.07 Å². The Kier molecular flexibility index (Phi) is 4.52. The Morgan fingerprint density at radius 1 is 1.25 bits per heavy atom. The van der Waals surface area contributed by atoms with E-state index in [1.165, 1.54) is 48.8 Å². The number of hydrogen-bond acceptors (Lipinski definition) is 4. The molecule has 0 saturated carbocycles. The summed E-state index contributed by atoms with van der Waals surface area (Å²) in [5.41, 5.74) is 4.35. The molecule has 1 aromatic carbocycles. The van der Waals surface area contributed by atoms with Crippen LogP contribution in [0.2, 0.25) is 0 Å².